The summed E-state index contributed by atoms with van der Waals surface area (Å²) in [6.07, 6.45) is 1.33. The molecule has 0 atom stereocenters. The van der Waals surface area contributed by atoms with E-state index in [1.165, 1.54) is 11.1 Å². The molecule has 0 aliphatic rings. The number of hydrogen-bond donors (Lipinski definition) is 1. The number of carbonyl (C=O) groups is 1. The van der Waals surface area contributed by atoms with Gasteiger partial charge in [0, 0.05) is 6.54 Å². The molecule has 1 N–H and O–H groups in total. The van der Waals surface area contributed by atoms with E-state index in [-0.39, 0.29) is 5.97 Å². The van der Waals surface area contributed by atoms with Crippen molar-refractivity contribution in [2.45, 2.75) is 33.6 Å². The number of hydrogen-bond acceptors (Lipinski definition) is 4. The number of aryl methyl sites for hydroxylation is 2. The van der Waals surface area contributed by atoms with Crippen molar-refractivity contribution in [1.82, 2.24) is 5.32 Å². The van der Waals surface area contributed by atoms with Crippen molar-refractivity contribution in [2.24, 2.45) is 0 Å². The maximum atomic E-state index is 11.1. The van der Waals surface area contributed by atoms with Gasteiger partial charge in [-0.25, -0.2) is 0 Å². The second kappa shape index (κ2) is 9.37. The van der Waals surface area contributed by atoms with Gasteiger partial charge in [0.2, 0.25) is 0 Å². The lowest BCUT2D eigenvalue weighted by Crippen LogP contribution is -2.21. The molecule has 1 aromatic rings. The van der Waals surface area contributed by atoms with Crippen LogP contribution in [0.4, 0.5) is 0 Å². The molecule has 20 heavy (non-hydrogen) atoms. The molecule has 0 aliphatic carbocycles. The summed E-state index contributed by atoms with van der Waals surface area (Å²) in [5.41, 5.74) is 2.43. The van der Waals surface area contributed by atoms with Gasteiger partial charge in [-0.2, -0.15) is 0 Å². The lowest BCUT2D eigenvalue weighted by Gasteiger charge is -2.09. The van der Waals surface area contributed by atoms with Crippen LogP contribution in [0.3, 0.4) is 0 Å². The van der Waals surface area contributed by atoms with Crippen molar-refractivity contribution in [3.63, 3.8) is 0 Å². The average Bonchev–Trinajstić information content (AvgIpc) is 2.36. The van der Waals surface area contributed by atoms with Crippen LogP contribution in [0.15, 0.2) is 18.2 Å². The number of ether oxygens (including phenoxy) is 2. The minimum absolute atomic E-state index is 0.147. The topological polar surface area (TPSA) is 47.6 Å². The standard InChI is InChI=1S/C16H25NO3/c1-4-19-16(18)6-8-17-7-5-9-20-15-11-13(2)10-14(3)12-15/h10-12,17H,4-9H2,1-3H3. The molecule has 0 spiro atoms. The van der Waals surface area contributed by atoms with Gasteiger partial charge in [0.15, 0.2) is 0 Å². The van der Waals surface area contributed by atoms with Crippen molar-refractivity contribution in [2.75, 3.05) is 26.3 Å². The lowest BCUT2D eigenvalue weighted by molar-refractivity contribution is -0.142. The fraction of sp³-hybridized carbons (Fsp3) is 0.562. The Labute approximate surface area is 121 Å². The summed E-state index contributed by atoms with van der Waals surface area (Å²) in [4.78, 5) is 11.1. The van der Waals surface area contributed by atoms with Crippen molar-refractivity contribution >= 4 is 5.97 Å². The van der Waals surface area contributed by atoms with E-state index in [2.05, 4.69) is 25.2 Å². The van der Waals surface area contributed by atoms with Crippen LogP contribution in [-0.2, 0) is 9.53 Å². The van der Waals surface area contributed by atoms with E-state index in [0.717, 1.165) is 18.7 Å². The Hall–Kier alpha value is -1.55. The summed E-state index contributed by atoms with van der Waals surface area (Å²) >= 11 is 0. The number of nitrogens with one attached hydrogen (secondary N) is 1. The van der Waals surface area contributed by atoms with Crippen molar-refractivity contribution in [3.8, 4) is 5.75 Å². The highest BCUT2D eigenvalue weighted by Gasteiger charge is 2.00. The van der Waals surface area contributed by atoms with Gasteiger partial charge >= 0.3 is 5.97 Å². The van der Waals surface area contributed by atoms with Crippen molar-refractivity contribution < 1.29 is 14.3 Å². The smallest absolute Gasteiger partial charge is 0.307 e. The zero-order valence-corrected chi connectivity index (χ0v) is 12.7. The van der Waals surface area contributed by atoms with E-state index in [0.29, 0.717) is 26.2 Å². The molecule has 1 rings (SSSR count). The highest BCUT2D eigenvalue weighted by atomic mass is 16.5. The van der Waals surface area contributed by atoms with Gasteiger partial charge in [-0.15, -0.1) is 0 Å². The van der Waals surface area contributed by atoms with Crippen LogP contribution in [0.25, 0.3) is 0 Å². The maximum Gasteiger partial charge on any atom is 0.307 e. The predicted octanol–water partition coefficient (Wildman–Crippen LogP) is 2.62. The van der Waals surface area contributed by atoms with Crippen LogP contribution in [0.2, 0.25) is 0 Å². The summed E-state index contributed by atoms with van der Waals surface area (Å²) < 4.78 is 10.5. The SMILES string of the molecule is CCOC(=O)CCNCCCOc1cc(C)cc(C)c1. The van der Waals surface area contributed by atoms with E-state index in [9.17, 15) is 4.79 Å². The minimum atomic E-state index is -0.147. The summed E-state index contributed by atoms with van der Waals surface area (Å²) in [5, 5.41) is 3.20. The van der Waals surface area contributed by atoms with E-state index in [1.807, 2.05) is 19.1 Å². The van der Waals surface area contributed by atoms with E-state index < -0.39 is 0 Å². The molecule has 1 aromatic carbocycles. The van der Waals surface area contributed by atoms with Crippen LogP contribution in [0.5, 0.6) is 5.75 Å². The van der Waals surface area contributed by atoms with Crippen LogP contribution < -0.4 is 10.1 Å². The normalized spacial score (nSPS) is 10.3. The molecule has 112 valence electrons. The average molecular weight is 279 g/mol. The number of benzene rings is 1. The monoisotopic (exact) mass is 279 g/mol. The van der Waals surface area contributed by atoms with Crippen LogP contribution in [-0.4, -0.2) is 32.3 Å². The highest BCUT2D eigenvalue weighted by molar-refractivity contribution is 5.69. The predicted molar refractivity (Wildman–Crippen MR) is 80.1 cm³/mol. The van der Waals surface area contributed by atoms with Gasteiger partial charge in [-0.1, -0.05) is 6.07 Å². The van der Waals surface area contributed by atoms with Crippen LogP contribution in [0.1, 0.15) is 30.9 Å². The van der Waals surface area contributed by atoms with Crippen molar-refractivity contribution in [3.05, 3.63) is 29.3 Å². The molecular formula is C16H25NO3. The lowest BCUT2D eigenvalue weighted by atomic mass is 10.1. The molecule has 0 bridgehead atoms. The molecule has 4 nitrogen and oxygen atoms in total. The van der Waals surface area contributed by atoms with Gasteiger partial charge < -0.3 is 14.8 Å². The highest BCUT2D eigenvalue weighted by Crippen LogP contribution is 2.16. The molecule has 0 aromatic heterocycles. The van der Waals surface area contributed by atoms with Gasteiger partial charge in [-0.05, 0) is 57.0 Å². The molecule has 0 amide bonds. The van der Waals surface area contributed by atoms with Gasteiger partial charge in [0.25, 0.3) is 0 Å². The molecule has 0 saturated heterocycles. The van der Waals surface area contributed by atoms with Gasteiger partial charge in [0.05, 0.1) is 19.6 Å². The molecule has 0 unspecified atom stereocenters. The molecule has 4 heteroatoms. The third-order valence-corrected chi connectivity index (χ3v) is 2.77. The van der Waals surface area contributed by atoms with Gasteiger partial charge in [-0.3, -0.25) is 4.79 Å². The summed E-state index contributed by atoms with van der Waals surface area (Å²) in [6.45, 7) is 8.56. The Bertz CT molecular complexity index is 398. The summed E-state index contributed by atoms with van der Waals surface area (Å²) in [5.74, 6) is 0.778. The zero-order chi connectivity index (χ0) is 14.8. The van der Waals surface area contributed by atoms with E-state index in [4.69, 9.17) is 9.47 Å². The van der Waals surface area contributed by atoms with Gasteiger partial charge in [0.1, 0.15) is 5.75 Å². The first-order valence-corrected chi connectivity index (χ1v) is 7.19. The fourth-order valence-electron chi connectivity index (χ4n) is 1.95. The first kappa shape index (κ1) is 16.5. The Balaban J connectivity index is 2.06. The summed E-state index contributed by atoms with van der Waals surface area (Å²) in [7, 11) is 0. The number of carbonyl (C=O) groups excluding carboxylic acids is 1. The molecule has 0 fully saturated rings. The quantitative estimate of drug-likeness (QED) is 0.557. The van der Waals surface area contributed by atoms with E-state index >= 15 is 0 Å². The Kier molecular flexibility index (Phi) is 7.73. The Morgan fingerprint density at radius 2 is 1.85 bits per heavy atom. The Morgan fingerprint density at radius 1 is 1.15 bits per heavy atom. The minimum Gasteiger partial charge on any atom is -0.494 e. The second-order valence-corrected chi connectivity index (χ2v) is 4.83. The maximum absolute atomic E-state index is 11.1. The molecule has 0 radical (unpaired) electrons. The van der Waals surface area contributed by atoms with E-state index in [1.54, 1.807) is 0 Å². The second-order valence-electron chi connectivity index (χ2n) is 4.83. The van der Waals surface area contributed by atoms with Crippen LogP contribution in [0, 0.1) is 13.8 Å². The molecular weight excluding hydrogens is 254 g/mol. The third kappa shape index (κ3) is 7.14. The molecule has 0 saturated carbocycles. The zero-order valence-electron chi connectivity index (χ0n) is 12.7. The Morgan fingerprint density at radius 3 is 2.50 bits per heavy atom. The van der Waals surface area contributed by atoms with Crippen LogP contribution >= 0.6 is 0 Å². The first-order chi connectivity index (χ1) is 9.61. The molecule has 0 heterocycles. The number of rotatable bonds is 9. The molecule has 0 aliphatic heterocycles. The summed E-state index contributed by atoms with van der Waals surface area (Å²) in [6, 6.07) is 6.21. The number of esters is 1. The fourth-order valence-corrected chi connectivity index (χ4v) is 1.95. The largest absolute Gasteiger partial charge is 0.494 e. The first-order valence-electron chi connectivity index (χ1n) is 7.19. The third-order valence-electron chi connectivity index (χ3n) is 2.77. The van der Waals surface area contributed by atoms with Crippen molar-refractivity contribution in [1.29, 1.82) is 0 Å².